The smallest absolute Gasteiger partial charge is 0.335 e. The Kier molecular flexibility index (Phi) is 11.1. The molecule has 258 valence electrons. The highest BCUT2D eigenvalue weighted by molar-refractivity contribution is 5.84. The largest absolute Gasteiger partial charge is 0.423 e. The monoisotopic (exact) mass is 684 g/mol. The van der Waals surface area contributed by atoms with Crippen LogP contribution in [0.4, 0.5) is 22.7 Å². The SMILES string of the molecule is C=CC(=O)Oc1ccc(-c2ccc(N(Cc3cccc(CN(c4ccc(C)cc4)c4ccc(OC(=O)C=C)cc4)c3)c3ccc(C)cc3)cc2)cc1. The van der Waals surface area contributed by atoms with E-state index in [1.807, 2.05) is 24.3 Å². The lowest BCUT2D eigenvalue weighted by Gasteiger charge is -2.27. The molecular weight excluding hydrogens is 645 g/mol. The Labute approximate surface area is 305 Å². The van der Waals surface area contributed by atoms with E-state index in [2.05, 4.69) is 134 Å². The number of aryl methyl sites for hydroxylation is 2. The van der Waals surface area contributed by atoms with Gasteiger partial charge in [0.1, 0.15) is 11.5 Å². The molecule has 0 aliphatic rings. The molecule has 6 nitrogen and oxygen atoms in total. The fourth-order valence-corrected chi connectivity index (χ4v) is 5.86. The van der Waals surface area contributed by atoms with Crippen LogP contribution in [0, 0.1) is 13.8 Å². The molecule has 0 aromatic heterocycles. The van der Waals surface area contributed by atoms with Crippen LogP contribution in [0.3, 0.4) is 0 Å². The molecule has 0 fully saturated rings. The Bertz CT molecular complexity index is 2150. The van der Waals surface area contributed by atoms with Gasteiger partial charge in [0.25, 0.3) is 0 Å². The van der Waals surface area contributed by atoms with E-state index < -0.39 is 11.9 Å². The quantitative estimate of drug-likeness (QED) is 0.0686. The second-order valence-corrected chi connectivity index (χ2v) is 12.5. The molecule has 0 N–H and O–H groups in total. The second kappa shape index (κ2) is 16.4. The van der Waals surface area contributed by atoms with E-state index in [1.165, 1.54) is 16.7 Å². The van der Waals surface area contributed by atoms with Crippen LogP contribution in [0.25, 0.3) is 11.1 Å². The lowest BCUT2D eigenvalue weighted by Crippen LogP contribution is -2.18. The van der Waals surface area contributed by atoms with E-state index in [0.29, 0.717) is 24.6 Å². The normalized spacial score (nSPS) is 10.6. The first-order valence-electron chi connectivity index (χ1n) is 17.0. The van der Waals surface area contributed by atoms with Crippen molar-refractivity contribution in [3.63, 3.8) is 0 Å². The van der Waals surface area contributed by atoms with Crippen molar-refractivity contribution in [2.24, 2.45) is 0 Å². The van der Waals surface area contributed by atoms with Gasteiger partial charge in [0.05, 0.1) is 0 Å². The molecule has 0 aliphatic carbocycles. The molecule has 6 aromatic carbocycles. The third-order valence-corrected chi connectivity index (χ3v) is 8.65. The lowest BCUT2D eigenvalue weighted by atomic mass is 10.0. The van der Waals surface area contributed by atoms with Crippen LogP contribution in [0.2, 0.25) is 0 Å². The summed E-state index contributed by atoms with van der Waals surface area (Å²) in [7, 11) is 0. The number of hydrogen-bond donors (Lipinski definition) is 0. The summed E-state index contributed by atoms with van der Waals surface area (Å²) in [5.74, 6) is -0.0318. The Morgan fingerprint density at radius 2 is 0.827 bits per heavy atom. The van der Waals surface area contributed by atoms with Crippen LogP contribution in [0.15, 0.2) is 171 Å². The number of benzene rings is 6. The molecular formula is C46H40N2O4. The molecule has 0 saturated heterocycles. The number of ether oxygens (including phenoxy) is 2. The van der Waals surface area contributed by atoms with E-state index in [4.69, 9.17) is 9.47 Å². The van der Waals surface area contributed by atoms with Gasteiger partial charge in [-0.3, -0.25) is 0 Å². The van der Waals surface area contributed by atoms with Gasteiger partial charge in [-0.05, 0) is 109 Å². The van der Waals surface area contributed by atoms with Gasteiger partial charge in [0, 0.05) is 48.0 Å². The Morgan fingerprint density at radius 1 is 0.500 bits per heavy atom. The van der Waals surface area contributed by atoms with Crippen molar-refractivity contribution in [2.45, 2.75) is 26.9 Å². The molecule has 6 heteroatoms. The van der Waals surface area contributed by atoms with Crippen LogP contribution in [0.5, 0.6) is 11.5 Å². The number of anilines is 4. The molecule has 6 aromatic rings. The van der Waals surface area contributed by atoms with Gasteiger partial charge in [-0.1, -0.05) is 97.1 Å². The highest BCUT2D eigenvalue weighted by Gasteiger charge is 2.15. The highest BCUT2D eigenvalue weighted by Crippen LogP contribution is 2.33. The Balaban J connectivity index is 1.26. The summed E-state index contributed by atoms with van der Waals surface area (Å²) in [6.45, 7) is 12.4. The van der Waals surface area contributed by atoms with Gasteiger partial charge < -0.3 is 19.3 Å². The Hall–Kier alpha value is -6.66. The third-order valence-electron chi connectivity index (χ3n) is 8.65. The highest BCUT2D eigenvalue weighted by atomic mass is 16.5. The fourth-order valence-electron chi connectivity index (χ4n) is 5.86. The first kappa shape index (κ1) is 35.2. The van der Waals surface area contributed by atoms with Crippen LogP contribution < -0.4 is 19.3 Å². The summed E-state index contributed by atoms with van der Waals surface area (Å²) < 4.78 is 10.6. The molecule has 0 atom stereocenters. The fraction of sp³-hybridized carbons (Fsp3) is 0.0870. The summed E-state index contributed by atoms with van der Waals surface area (Å²) in [5.41, 5.74) is 11.0. The number of nitrogens with zero attached hydrogens (tertiary/aromatic N) is 2. The molecule has 0 unspecified atom stereocenters. The molecule has 52 heavy (non-hydrogen) atoms. The summed E-state index contributed by atoms with van der Waals surface area (Å²) >= 11 is 0. The molecule has 0 spiro atoms. The van der Waals surface area contributed by atoms with Crippen molar-refractivity contribution >= 4 is 34.7 Å². The van der Waals surface area contributed by atoms with Crippen LogP contribution in [0.1, 0.15) is 22.3 Å². The Morgan fingerprint density at radius 3 is 1.21 bits per heavy atom. The van der Waals surface area contributed by atoms with E-state index in [9.17, 15) is 9.59 Å². The maximum absolute atomic E-state index is 11.7. The number of hydrogen-bond acceptors (Lipinski definition) is 6. The molecule has 6 rings (SSSR count). The van der Waals surface area contributed by atoms with Gasteiger partial charge in [-0.2, -0.15) is 0 Å². The van der Waals surface area contributed by atoms with E-state index in [1.54, 1.807) is 24.3 Å². The van der Waals surface area contributed by atoms with Gasteiger partial charge >= 0.3 is 11.9 Å². The van der Waals surface area contributed by atoms with Crippen molar-refractivity contribution in [1.29, 1.82) is 0 Å². The molecule has 0 aliphatic heterocycles. The standard InChI is InChI=1S/C46H40N2O4/c1-5-45(49)51-43-26-16-38(17-27-43)37-14-22-41(23-15-37)47(39-18-10-33(3)11-19-39)31-35-8-7-9-36(30-35)32-48(40-20-12-34(4)13-21-40)42-24-28-44(29-25-42)52-46(50)6-2/h5-30H,1-2,31-32H2,3-4H3. The topological polar surface area (TPSA) is 59.1 Å². The summed E-state index contributed by atoms with van der Waals surface area (Å²) in [6.07, 6.45) is 2.30. The molecule has 0 heterocycles. The van der Waals surface area contributed by atoms with Crippen LogP contribution >= 0.6 is 0 Å². The molecule has 0 amide bonds. The van der Waals surface area contributed by atoms with Gasteiger partial charge in [0.2, 0.25) is 0 Å². The number of rotatable bonds is 13. The summed E-state index contributed by atoms with van der Waals surface area (Å²) in [6, 6.07) is 49.2. The third kappa shape index (κ3) is 8.92. The predicted molar refractivity (Wildman–Crippen MR) is 210 cm³/mol. The maximum Gasteiger partial charge on any atom is 0.335 e. The van der Waals surface area contributed by atoms with Gasteiger partial charge in [-0.25, -0.2) is 9.59 Å². The molecule has 0 saturated carbocycles. The number of esters is 2. The zero-order valence-electron chi connectivity index (χ0n) is 29.4. The zero-order chi connectivity index (χ0) is 36.5. The minimum Gasteiger partial charge on any atom is -0.423 e. The molecule has 0 bridgehead atoms. The van der Waals surface area contributed by atoms with Crippen molar-refractivity contribution in [2.75, 3.05) is 9.80 Å². The number of carbonyl (C=O) groups excluding carboxylic acids is 2. The van der Waals surface area contributed by atoms with Gasteiger partial charge in [-0.15, -0.1) is 0 Å². The van der Waals surface area contributed by atoms with Crippen molar-refractivity contribution in [3.8, 4) is 22.6 Å². The summed E-state index contributed by atoms with van der Waals surface area (Å²) in [5, 5.41) is 0. The maximum atomic E-state index is 11.7. The minimum absolute atomic E-state index is 0.466. The first-order chi connectivity index (χ1) is 25.3. The summed E-state index contributed by atoms with van der Waals surface area (Å²) in [4.78, 5) is 27.9. The van der Waals surface area contributed by atoms with Gasteiger partial charge in [0.15, 0.2) is 0 Å². The van der Waals surface area contributed by atoms with Crippen LogP contribution in [-0.4, -0.2) is 11.9 Å². The van der Waals surface area contributed by atoms with E-state index >= 15 is 0 Å². The van der Waals surface area contributed by atoms with Crippen molar-refractivity contribution in [1.82, 2.24) is 0 Å². The average Bonchev–Trinajstić information content (AvgIpc) is 3.18. The minimum atomic E-state index is -0.490. The predicted octanol–water partition coefficient (Wildman–Crippen LogP) is 10.8. The van der Waals surface area contributed by atoms with E-state index in [-0.39, 0.29) is 0 Å². The zero-order valence-corrected chi connectivity index (χ0v) is 29.4. The van der Waals surface area contributed by atoms with Crippen molar-refractivity contribution in [3.05, 3.63) is 193 Å². The molecule has 0 radical (unpaired) electrons. The lowest BCUT2D eigenvalue weighted by molar-refractivity contribution is -0.129. The average molecular weight is 685 g/mol. The number of carbonyl (C=O) groups is 2. The van der Waals surface area contributed by atoms with Crippen LogP contribution in [-0.2, 0) is 22.7 Å². The first-order valence-corrected chi connectivity index (χ1v) is 17.0. The van der Waals surface area contributed by atoms with Crippen molar-refractivity contribution < 1.29 is 19.1 Å². The second-order valence-electron chi connectivity index (χ2n) is 12.5. The van der Waals surface area contributed by atoms with E-state index in [0.717, 1.165) is 51.6 Å².